The van der Waals surface area contributed by atoms with Gasteiger partial charge >= 0.3 is 0 Å². The number of carbonyl (C=O) groups excluding carboxylic acids is 1. The third kappa shape index (κ3) is 4.04. The number of amides is 1. The molecule has 5 heteroatoms. The molecule has 0 heterocycles. The molecule has 0 saturated carbocycles. The van der Waals surface area contributed by atoms with Crippen LogP contribution in [-0.4, -0.2) is 18.7 Å². The second-order valence-corrected chi connectivity index (χ2v) is 4.17. The standard InChI is InChI=1S/C11H16N2OS.ClH/c1-8(7-12)11(14)13-9-5-3-4-6-10(9)15-2;/h3-6,8H,7,12H2,1-2H3,(H,13,14);1H. The number of hydrogen-bond acceptors (Lipinski definition) is 3. The lowest BCUT2D eigenvalue weighted by Gasteiger charge is -2.12. The SMILES string of the molecule is CSc1ccccc1NC(=O)C(C)CN.Cl. The topological polar surface area (TPSA) is 55.1 Å². The van der Waals surface area contributed by atoms with E-state index in [0.717, 1.165) is 10.6 Å². The Hall–Kier alpha value is -0.710. The molecule has 0 radical (unpaired) electrons. The van der Waals surface area contributed by atoms with E-state index in [1.54, 1.807) is 11.8 Å². The first kappa shape index (κ1) is 15.3. The first-order valence-corrected chi connectivity index (χ1v) is 6.05. The monoisotopic (exact) mass is 260 g/mol. The smallest absolute Gasteiger partial charge is 0.228 e. The Kier molecular flexibility index (Phi) is 7.21. The van der Waals surface area contributed by atoms with Crippen LogP contribution >= 0.6 is 24.2 Å². The number of para-hydroxylation sites is 1. The maximum absolute atomic E-state index is 11.6. The first-order valence-electron chi connectivity index (χ1n) is 4.83. The van der Waals surface area contributed by atoms with E-state index in [1.807, 2.05) is 37.4 Å². The highest BCUT2D eigenvalue weighted by Crippen LogP contribution is 2.24. The second kappa shape index (κ2) is 7.54. The molecule has 1 aromatic rings. The van der Waals surface area contributed by atoms with Crippen molar-refractivity contribution in [2.24, 2.45) is 11.7 Å². The molecule has 3 N–H and O–H groups in total. The van der Waals surface area contributed by atoms with E-state index in [2.05, 4.69) is 5.32 Å². The van der Waals surface area contributed by atoms with Gasteiger partial charge in [-0.2, -0.15) is 0 Å². The minimum atomic E-state index is -0.153. The zero-order valence-electron chi connectivity index (χ0n) is 9.40. The molecule has 90 valence electrons. The van der Waals surface area contributed by atoms with Crippen molar-refractivity contribution in [2.75, 3.05) is 18.1 Å². The molecule has 1 aromatic carbocycles. The molecule has 0 spiro atoms. The summed E-state index contributed by atoms with van der Waals surface area (Å²) in [6, 6.07) is 7.73. The highest BCUT2D eigenvalue weighted by atomic mass is 35.5. The normalized spacial score (nSPS) is 11.4. The van der Waals surface area contributed by atoms with Crippen molar-refractivity contribution in [3.8, 4) is 0 Å². The van der Waals surface area contributed by atoms with Crippen LogP contribution in [0.1, 0.15) is 6.92 Å². The number of hydrogen-bond donors (Lipinski definition) is 2. The van der Waals surface area contributed by atoms with Gasteiger partial charge in [0.2, 0.25) is 5.91 Å². The average Bonchev–Trinajstić information content (AvgIpc) is 2.28. The molecule has 1 atom stereocenters. The Labute approximate surface area is 107 Å². The summed E-state index contributed by atoms with van der Waals surface area (Å²) in [5.41, 5.74) is 6.29. The fraction of sp³-hybridized carbons (Fsp3) is 0.364. The number of nitrogens with one attached hydrogen (secondary N) is 1. The molecule has 1 amide bonds. The third-order valence-electron chi connectivity index (χ3n) is 2.17. The number of anilines is 1. The van der Waals surface area contributed by atoms with Gasteiger partial charge in [-0.1, -0.05) is 19.1 Å². The number of carbonyl (C=O) groups is 1. The van der Waals surface area contributed by atoms with Gasteiger partial charge in [-0.05, 0) is 18.4 Å². The molecule has 1 unspecified atom stereocenters. The van der Waals surface area contributed by atoms with Gasteiger partial charge in [0, 0.05) is 17.4 Å². The Morgan fingerprint density at radius 1 is 1.50 bits per heavy atom. The van der Waals surface area contributed by atoms with Crippen LogP contribution in [0.4, 0.5) is 5.69 Å². The number of nitrogens with two attached hydrogens (primary N) is 1. The number of rotatable bonds is 4. The Morgan fingerprint density at radius 3 is 2.69 bits per heavy atom. The molecule has 0 aliphatic carbocycles. The van der Waals surface area contributed by atoms with Gasteiger partial charge in [0.05, 0.1) is 5.69 Å². The van der Waals surface area contributed by atoms with Crippen molar-refractivity contribution in [1.29, 1.82) is 0 Å². The van der Waals surface area contributed by atoms with Crippen LogP contribution in [-0.2, 0) is 4.79 Å². The van der Waals surface area contributed by atoms with Crippen LogP contribution in [0.25, 0.3) is 0 Å². The fourth-order valence-corrected chi connectivity index (χ4v) is 1.66. The zero-order chi connectivity index (χ0) is 11.3. The predicted octanol–water partition coefficient (Wildman–Crippen LogP) is 2.36. The molecule has 1 rings (SSSR count). The summed E-state index contributed by atoms with van der Waals surface area (Å²) in [6.07, 6.45) is 1.98. The molecule has 0 saturated heterocycles. The van der Waals surface area contributed by atoms with Gasteiger partial charge in [0.25, 0.3) is 0 Å². The van der Waals surface area contributed by atoms with Gasteiger partial charge in [-0.25, -0.2) is 0 Å². The molecular formula is C11H17ClN2OS. The number of halogens is 1. The summed E-state index contributed by atoms with van der Waals surface area (Å²) in [7, 11) is 0. The highest BCUT2D eigenvalue weighted by Gasteiger charge is 2.12. The Bertz CT molecular complexity index is 347. The predicted molar refractivity (Wildman–Crippen MR) is 72.3 cm³/mol. The molecule has 0 fully saturated rings. The molecule has 0 aliphatic heterocycles. The number of thioether (sulfide) groups is 1. The average molecular weight is 261 g/mol. The van der Waals surface area contributed by atoms with Crippen molar-refractivity contribution < 1.29 is 4.79 Å². The quantitative estimate of drug-likeness (QED) is 0.818. The van der Waals surface area contributed by atoms with Gasteiger partial charge in [-0.3, -0.25) is 4.79 Å². The maximum atomic E-state index is 11.6. The van der Waals surface area contributed by atoms with Crippen LogP contribution in [0.15, 0.2) is 29.2 Å². The first-order chi connectivity index (χ1) is 7.19. The van der Waals surface area contributed by atoms with Crippen molar-refractivity contribution in [3.63, 3.8) is 0 Å². The molecular weight excluding hydrogens is 244 g/mol. The Morgan fingerprint density at radius 2 is 2.12 bits per heavy atom. The summed E-state index contributed by atoms with van der Waals surface area (Å²) in [5.74, 6) is -0.182. The molecule has 0 aliphatic rings. The summed E-state index contributed by atoms with van der Waals surface area (Å²) < 4.78 is 0. The fourth-order valence-electron chi connectivity index (χ4n) is 1.11. The van der Waals surface area contributed by atoms with Crippen LogP contribution in [0, 0.1) is 5.92 Å². The van der Waals surface area contributed by atoms with Gasteiger partial charge in [0.15, 0.2) is 0 Å². The van der Waals surface area contributed by atoms with Gasteiger partial charge in [0.1, 0.15) is 0 Å². The third-order valence-corrected chi connectivity index (χ3v) is 2.96. The summed E-state index contributed by atoms with van der Waals surface area (Å²) in [5, 5.41) is 2.87. The zero-order valence-corrected chi connectivity index (χ0v) is 11.0. The molecule has 3 nitrogen and oxygen atoms in total. The molecule has 0 bridgehead atoms. The van der Waals surface area contributed by atoms with E-state index in [4.69, 9.17) is 5.73 Å². The van der Waals surface area contributed by atoms with Crippen molar-refractivity contribution in [1.82, 2.24) is 0 Å². The van der Waals surface area contributed by atoms with Crippen LogP contribution in [0.2, 0.25) is 0 Å². The van der Waals surface area contributed by atoms with Crippen LogP contribution < -0.4 is 11.1 Å². The van der Waals surface area contributed by atoms with Crippen LogP contribution in [0.3, 0.4) is 0 Å². The van der Waals surface area contributed by atoms with Gasteiger partial charge < -0.3 is 11.1 Å². The van der Waals surface area contributed by atoms with E-state index < -0.39 is 0 Å². The largest absolute Gasteiger partial charge is 0.330 e. The van der Waals surface area contributed by atoms with Gasteiger partial charge in [-0.15, -0.1) is 24.2 Å². The van der Waals surface area contributed by atoms with Crippen LogP contribution in [0.5, 0.6) is 0 Å². The van der Waals surface area contributed by atoms with E-state index >= 15 is 0 Å². The lowest BCUT2D eigenvalue weighted by atomic mass is 10.1. The van der Waals surface area contributed by atoms with Crippen molar-refractivity contribution >= 4 is 35.8 Å². The summed E-state index contributed by atoms with van der Waals surface area (Å²) >= 11 is 1.61. The van der Waals surface area contributed by atoms with Crippen molar-refractivity contribution in [3.05, 3.63) is 24.3 Å². The van der Waals surface area contributed by atoms with E-state index in [0.29, 0.717) is 6.54 Å². The van der Waals surface area contributed by atoms with E-state index in [9.17, 15) is 4.79 Å². The summed E-state index contributed by atoms with van der Waals surface area (Å²) in [6.45, 7) is 2.18. The van der Waals surface area contributed by atoms with Crippen molar-refractivity contribution in [2.45, 2.75) is 11.8 Å². The van der Waals surface area contributed by atoms with E-state index in [1.165, 1.54) is 0 Å². The molecule has 0 aromatic heterocycles. The van der Waals surface area contributed by atoms with E-state index in [-0.39, 0.29) is 24.2 Å². The molecule has 16 heavy (non-hydrogen) atoms. The lowest BCUT2D eigenvalue weighted by Crippen LogP contribution is -2.26. The minimum Gasteiger partial charge on any atom is -0.330 e. The lowest BCUT2D eigenvalue weighted by molar-refractivity contribution is -0.119. The Balaban J connectivity index is 0.00000225. The number of benzene rings is 1. The minimum absolute atomic E-state index is 0. The second-order valence-electron chi connectivity index (χ2n) is 3.33. The highest BCUT2D eigenvalue weighted by molar-refractivity contribution is 7.98. The summed E-state index contributed by atoms with van der Waals surface area (Å²) in [4.78, 5) is 12.7. The maximum Gasteiger partial charge on any atom is 0.228 e.